The fourth-order valence-electron chi connectivity index (χ4n) is 3.55. The molecule has 0 fully saturated rings. The number of unbranched alkanes of at least 4 members (excludes halogenated alkanes) is 1. The first-order valence-corrected chi connectivity index (χ1v) is 9.75. The van der Waals surface area contributed by atoms with Gasteiger partial charge in [-0.2, -0.15) is 0 Å². The van der Waals surface area contributed by atoms with Gasteiger partial charge in [-0.1, -0.05) is 61.9 Å². The van der Waals surface area contributed by atoms with Gasteiger partial charge in [-0.3, -0.25) is 4.79 Å². The Bertz CT molecular complexity index is 1160. The van der Waals surface area contributed by atoms with Crippen LogP contribution in [-0.2, 0) is 13.0 Å². The molecule has 0 aliphatic heterocycles. The summed E-state index contributed by atoms with van der Waals surface area (Å²) in [6, 6.07) is 17.0. The van der Waals surface area contributed by atoms with Gasteiger partial charge in [0, 0.05) is 6.42 Å². The molecule has 0 saturated heterocycles. The van der Waals surface area contributed by atoms with Gasteiger partial charge >= 0.3 is 0 Å². The number of aromatic amines is 1. The number of benzene rings is 2. The van der Waals surface area contributed by atoms with Crippen LogP contribution in [0.15, 0.2) is 59.7 Å². The summed E-state index contributed by atoms with van der Waals surface area (Å²) in [7, 11) is 0. The summed E-state index contributed by atoms with van der Waals surface area (Å²) in [5.41, 5.74) is 5.77. The lowest BCUT2D eigenvalue weighted by atomic mass is 9.99. The molecule has 5 nitrogen and oxygen atoms in total. The lowest BCUT2D eigenvalue weighted by Gasteiger charge is -2.10. The van der Waals surface area contributed by atoms with Gasteiger partial charge in [0.25, 0.3) is 5.56 Å². The van der Waals surface area contributed by atoms with Gasteiger partial charge in [-0.25, -0.2) is 9.97 Å². The number of H-pyrrole nitrogens is 1. The van der Waals surface area contributed by atoms with E-state index in [0.717, 1.165) is 30.7 Å². The molecule has 142 valence electrons. The normalized spacial score (nSPS) is 11.2. The van der Waals surface area contributed by atoms with E-state index >= 15 is 0 Å². The monoisotopic (exact) mass is 372 g/mol. The van der Waals surface area contributed by atoms with E-state index in [-0.39, 0.29) is 5.56 Å². The summed E-state index contributed by atoms with van der Waals surface area (Å²) in [5.74, 6) is 0.920. The average Bonchev–Trinajstić information content (AvgIpc) is 3.06. The zero-order valence-corrected chi connectivity index (χ0v) is 16.3. The largest absolute Gasteiger partial charge is 0.311 e. The summed E-state index contributed by atoms with van der Waals surface area (Å²) >= 11 is 0. The summed E-state index contributed by atoms with van der Waals surface area (Å²) in [6.07, 6.45) is 4.41. The Morgan fingerprint density at radius 3 is 2.61 bits per heavy atom. The Labute approximate surface area is 164 Å². The molecule has 0 atom stereocenters. The quantitative estimate of drug-likeness (QED) is 0.542. The first kappa shape index (κ1) is 18.2. The number of fused-ring (bicyclic) bond motifs is 1. The fraction of sp³-hybridized carbons (Fsp3) is 0.261. The first-order valence-electron chi connectivity index (χ1n) is 9.75. The van der Waals surface area contributed by atoms with E-state index < -0.39 is 0 Å². The third-order valence-electron chi connectivity index (χ3n) is 5.12. The minimum absolute atomic E-state index is 0.184. The molecule has 0 radical (unpaired) electrons. The maximum atomic E-state index is 12.1. The second-order valence-electron chi connectivity index (χ2n) is 7.13. The van der Waals surface area contributed by atoms with E-state index in [1.807, 2.05) is 0 Å². The third-order valence-corrected chi connectivity index (χ3v) is 5.12. The Kier molecular flexibility index (Phi) is 5.06. The van der Waals surface area contributed by atoms with E-state index in [4.69, 9.17) is 0 Å². The van der Waals surface area contributed by atoms with Crippen molar-refractivity contribution in [3.63, 3.8) is 0 Å². The van der Waals surface area contributed by atoms with Crippen LogP contribution >= 0.6 is 0 Å². The fourth-order valence-corrected chi connectivity index (χ4v) is 3.55. The van der Waals surface area contributed by atoms with Crippen LogP contribution in [0.3, 0.4) is 0 Å². The smallest absolute Gasteiger partial charge is 0.278 e. The molecule has 0 saturated carbocycles. The Balaban J connectivity index is 1.69. The van der Waals surface area contributed by atoms with Gasteiger partial charge in [0.2, 0.25) is 0 Å². The second kappa shape index (κ2) is 7.80. The van der Waals surface area contributed by atoms with Gasteiger partial charge < -0.3 is 9.55 Å². The number of nitrogens with one attached hydrogen (secondary N) is 1. The molecule has 0 bridgehead atoms. The molecule has 28 heavy (non-hydrogen) atoms. The standard InChI is InChI=1S/C23H24N4O/c1-3-4-9-20-26-21-22(24-15-25-23(21)28)27(20)14-17-10-12-18(13-11-17)19-8-6-5-7-16(19)2/h5-8,10-13,15H,3-4,9,14H2,1-2H3,(H,24,25,28). The van der Waals surface area contributed by atoms with E-state index in [1.54, 1.807) is 0 Å². The van der Waals surface area contributed by atoms with E-state index in [0.29, 0.717) is 17.7 Å². The zero-order chi connectivity index (χ0) is 19.5. The molecule has 4 rings (SSSR count). The highest BCUT2D eigenvalue weighted by atomic mass is 16.1. The van der Waals surface area contributed by atoms with Crippen LogP contribution in [-0.4, -0.2) is 19.5 Å². The van der Waals surface area contributed by atoms with Crippen LogP contribution in [0.2, 0.25) is 0 Å². The first-order chi connectivity index (χ1) is 13.7. The predicted octanol–water partition coefficient (Wildman–Crippen LogP) is 4.49. The molecule has 5 heteroatoms. The molecular formula is C23H24N4O. The van der Waals surface area contributed by atoms with Crippen LogP contribution in [0.1, 0.15) is 36.7 Å². The Morgan fingerprint density at radius 2 is 1.86 bits per heavy atom. The Hall–Kier alpha value is -3.21. The number of imidazole rings is 1. The molecule has 0 aliphatic rings. The molecule has 1 N–H and O–H groups in total. The van der Waals surface area contributed by atoms with E-state index in [2.05, 4.69) is 81.9 Å². The summed E-state index contributed by atoms with van der Waals surface area (Å²) in [4.78, 5) is 23.7. The summed E-state index contributed by atoms with van der Waals surface area (Å²) < 4.78 is 2.07. The van der Waals surface area contributed by atoms with Crippen LogP contribution in [0.4, 0.5) is 0 Å². The number of hydrogen-bond acceptors (Lipinski definition) is 3. The molecule has 0 unspecified atom stereocenters. The molecular weight excluding hydrogens is 348 g/mol. The van der Waals surface area contributed by atoms with E-state index in [9.17, 15) is 4.79 Å². The predicted molar refractivity (Wildman–Crippen MR) is 112 cm³/mol. The van der Waals surface area contributed by atoms with Crippen LogP contribution < -0.4 is 5.56 Å². The van der Waals surface area contributed by atoms with Gasteiger partial charge in [0.15, 0.2) is 11.2 Å². The summed E-state index contributed by atoms with van der Waals surface area (Å²) in [5, 5.41) is 0. The van der Waals surface area contributed by atoms with Crippen molar-refractivity contribution >= 4 is 11.2 Å². The lowest BCUT2D eigenvalue weighted by molar-refractivity contribution is 0.686. The van der Waals surface area contributed by atoms with Crippen molar-refractivity contribution in [1.29, 1.82) is 0 Å². The van der Waals surface area contributed by atoms with Gasteiger partial charge in [0.05, 0.1) is 12.9 Å². The van der Waals surface area contributed by atoms with Crippen molar-refractivity contribution < 1.29 is 0 Å². The van der Waals surface area contributed by atoms with E-state index in [1.165, 1.54) is 23.0 Å². The zero-order valence-electron chi connectivity index (χ0n) is 16.3. The number of nitrogens with zero attached hydrogens (tertiary/aromatic N) is 3. The van der Waals surface area contributed by atoms with Crippen LogP contribution in [0, 0.1) is 6.92 Å². The third kappa shape index (κ3) is 3.48. The highest BCUT2D eigenvalue weighted by Gasteiger charge is 2.14. The van der Waals surface area contributed by atoms with Crippen molar-refractivity contribution in [3.05, 3.63) is 82.2 Å². The molecule has 0 aliphatic carbocycles. The van der Waals surface area contributed by atoms with Crippen LogP contribution in [0.25, 0.3) is 22.3 Å². The number of aryl methyl sites for hydroxylation is 2. The molecule has 4 aromatic rings. The topological polar surface area (TPSA) is 63.6 Å². The highest BCUT2D eigenvalue weighted by molar-refractivity contribution is 5.70. The van der Waals surface area contributed by atoms with Gasteiger partial charge in [0.1, 0.15) is 5.82 Å². The van der Waals surface area contributed by atoms with Crippen molar-refractivity contribution in [2.24, 2.45) is 0 Å². The Morgan fingerprint density at radius 1 is 1.07 bits per heavy atom. The van der Waals surface area contributed by atoms with Crippen LogP contribution in [0.5, 0.6) is 0 Å². The van der Waals surface area contributed by atoms with Crippen molar-refractivity contribution in [2.75, 3.05) is 0 Å². The average molecular weight is 372 g/mol. The molecule has 2 aromatic carbocycles. The number of hydrogen-bond donors (Lipinski definition) is 1. The van der Waals surface area contributed by atoms with Gasteiger partial charge in [-0.05, 0) is 35.6 Å². The SMILES string of the molecule is CCCCc1nc2c(=O)[nH]cnc2n1Cc1ccc(-c2ccccc2C)cc1. The molecule has 2 heterocycles. The summed E-state index contributed by atoms with van der Waals surface area (Å²) in [6.45, 7) is 4.94. The number of rotatable bonds is 6. The van der Waals surface area contributed by atoms with Crippen molar-refractivity contribution in [2.45, 2.75) is 39.7 Å². The maximum Gasteiger partial charge on any atom is 0.278 e. The molecule has 0 spiro atoms. The highest BCUT2D eigenvalue weighted by Crippen LogP contribution is 2.24. The maximum absolute atomic E-state index is 12.1. The minimum atomic E-state index is -0.184. The number of aromatic nitrogens is 4. The second-order valence-corrected chi connectivity index (χ2v) is 7.13. The molecule has 0 amide bonds. The van der Waals surface area contributed by atoms with Crippen molar-refractivity contribution in [1.82, 2.24) is 19.5 Å². The molecule has 2 aromatic heterocycles. The van der Waals surface area contributed by atoms with Crippen molar-refractivity contribution in [3.8, 4) is 11.1 Å². The minimum Gasteiger partial charge on any atom is -0.311 e. The lowest BCUT2D eigenvalue weighted by Crippen LogP contribution is -2.08. The van der Waals surface area contributed by atoms with Gasteiger partial charge in [-0.15, -0.1) is 0 Å².